The number of hydrogen-bond donors (Lipinski definition) is 1. The highest BCUT2D eigenvalue weighted by atomic mass is 14.9. The van der Waals surface area contributed by atoms with Gasteiger partial charge < -0.3 is 5.73 Å². The summed E-state index contributed by atoms with van der Waals surface area (Å²) >= 11 is 0. The third-order valence-corrected chi connectivity index (χ3v) is 2.87. The number of aromatic nitrogens is 2. The Balaban J connectivity index is 2.64. The fraction of sp³-hybridized carbons (Fsp3) is 0.286. The van der Waals surface area contributed by atoms with Crippen molar-refractivity contribution in [2.75, 3.05) is 5.73 Å². The minimum Gasteiger partial charge on any atom is -0.384 e. The van der Waals surface area contributed by atoms with Gasteiger partial charge in [-0.1, -0.05) is 25.1 Å². The first-order valence-corrected chi connectivity index (χ1v) is 5.82. The number of nitrogens with two attached hydrogens (primary N) is 1. The van der Waals surface area contributed by atoms with E-state index in [1.165, 1.54) is 11.1 Å². The Bertz CT molecular complexity index is 527. The third kappa shape index (κ3) is 2.28. The average molecular weight is 227 g/mol. The number of aryl methyl sites for hydroxylation is 3. The predicted molar refractivity (Wildman–Crippen MR) is 70.7 cm³/mol. The first-order valence-electron chi connectivity index (χ1n) is 5.82. The summed E-state index contributed by atoms with van der Waals surface area (Å²) in [7, 11) is 0. The lowest BCUT2D eigenvalue weighted by atomic mass is 10.0. The van der Waals surface area contributed by atoms with Crippen LogP contribution in [0, 0.1) is 13.8 Å². The summed E-state index contributed by atoms with van der Waals surface area (Å²) < 4.78 is 0. The SMILES string of the molecule is CCc1cc(N)nc(-c2c(C)cccc2C)n1. The molecule has 0 saturated carbocycles. The number of benzene rings is 1. The number of anilines is 1. The number of nitrogens with zero attached hydrogens (tertiary/aromatic N) is 2. The van der Waals surface area contributed by atoms with Crippen LogP contribution in [-0.4, -0.2) is 9.97 Å². The Kier molecular flexibility index (Phi) is 3.09. The fourth-order valence-electron chi connectivity index (χ4n) is 1.98. The molecule has 2 N–H and O–H groups in total. The fourth-order valence-corrected chi connectivity index (χ4v) is 1.98. The van der Waals surface area contributed by atoms with Crippen molar-refractivity contribution in [1.29, 1.82) is 0 Å². The average Bonchev–Trinajstić information content (AvgIpc) is 2.28. The lowest BCUT2D eigenvalue weighted by Gasteiger charge is -2.10. The van der Waals surface area contributed by atoms with Gasteiger partial charge in [-0.05, 0) is 31.4 Å². The third-order valence-electron chi connectivity index (χ3n) is 2.87. The van der Waals surface area contributed by atoms with Crippen LogP contribution in [0.25, 0.3) is 11.4 Å². The second-order valence-electron chi connectivity index (χ2n) is 4.23. The molecule has 0 amide bonds. The van der Waals surface area contributed by atoms with Crippen molar-refractivity contribution in [2.45, 2.75) is 27.2 Å². The number of hydrogen-bond acceptors (Lipinski definition) is 3. The highest BCUT2D eigenvalue weighted by molar-refractivity contribution is 5.65. The van der Waals surface area contributed by atoms with Crippen LogP contribution in [0.4, 0.5) is 5.82 Å². The summed E-state index contributed by atoms with van der Waals surface area (Å²) in [5.74, 6) is 1.27. The molecule has 3 nitrogen and oxygen atoms in total. The Morgan fingerprint density at radius 1 is 1.12 bits per heavy atom. The van der Waals surface area contributed by atoms with Gasteiger partial charge >= 0.3 is 0 Å². The molecule has 0 unspecified atom stereocenters. The smallest absolute Gasteiger partial charge is 0.162 e. The number of rotatable bonds is 2. The molecule has 0 bridgehead atoms. The van der Waals surface area contributed by atoms with E-state index < -0.39 is 0 Å². The Labute approximate surface area is 102 Å². The van der Waals surface area contributed by atoms with Crippen LogP contribution < -0.4 is 5.73 Å². The van der Waals surface area contributed by atoms with Crippen LogP contribution in [0.3, 0.4) is 0 Å². The summed E-state index contributed by atoms with van der Waals surface area (Å²) in [6.07, 6.45) is 0.866. The van der Waals surface area contributed by atoms with Crippen LogP contribution in [0.1, 0.15) is 23.7 Å². The van der Waals surface area contributed by atoms with E-state index in [9.17, 15) is 0 Å². The second kappa shape index (κ2) is 4.53. The number of nitrogen functional groups attached to an aromatic ring is 1. The van der Waals surface area contributed by atoms with Gasteiger partial charge in [-0.15, -0.1) is 0 Å². The maximum atomic E-state index is 5.82. The molecule has 0 aliphatic rings. The molecule has 0 fully saturated rings. The molecule has 3 heteroatoms. The topological polar surface area (TPSA) is 51.8 Å². The van der Waals surface area contributed by atoms with Crippen molar-refractivity contribution < 1.29 is 0 Å². The van der Waals surface area contributed by atoms with E-state index in [-0.39, 0.29) is 0 Å². The standard InChI is InChI=1S/C14H17N3/c1-4-11-8-12(15)17-14(16-11)13-9(2)6-5-7-10(13)3/h5-8H,4H2,1-3H3,(H2,15,16,17). The largest absolute Gasteiger partial charge is 0.384 e. The second-order valence-corrected chi connectivity index (χ2v) is 4.23. The molecule has 0 aliphatic carbocycles. The molecule has 0 atom stereocenters. The monoisotopic (exact) mass is 227 g/mol. The first kappa shape index (κ1) is 11.6. The van der Waals surface area contributed by atoms with Gasteiger partial charge in [0.2, 0.25) is 0 Å². The van der Waals surface area contributed by atoms with Gasteiger partial charge in [0.1, 0.15) is 5.82 Å². The van der Waals surface area contributed by atoms with Gasteiger partial charge in [0.25, 0.3) is 0 Å². The molecule has 1 heterocycles. The molecule has 0 saturated heterocycles. The molecule has 1 aromatic heterocycles. The lowest BCUT2D eigenvalue weighted by molar-refractivity contribution is 1.01. The molecular weight excluding hydrogens is 210 g/mol. The Hall–Kier alpha value is -1.90. The van der Waals surface area contributed by atoms with E-state index in [1.54, 1.807) is 0 Å². The minimum absolute atomic E-state index is 0.537. The zero-order valence-electron chi connectivity index (χ0n) is 10.5. The predicted octanol–water partition coefficient (Wildman–Crippen LogP) is 2.91. The maximum Gasteiger partial charge on any atom is 0.162 e. The lowest BCUT2D eigenvalue weighted by Crippen LogP contribution is -2.01. The van der Waals surface area contributed by atoms with Crippen molar-refractivity contribution in [1.82, 2.24) is 9.97 Å². The van der Waals surface area contributed by atoms with Crippen LogP contribution in [0.5, 0.6) is 0 Å². The van der Waals surface area contributed by atoms with Gasteiger partial charge in [0.05, 0.1) is 0 Å². The van der Waals surface area contributed by atoms with E-state index in [1.807, 2.05) is 12.1 Å². The van der Waals surface area contributed by atoms with Gasteiger partial charge in [-0.25, -0.2) is 9.97 Å². The molecule has 0 spiro atoms. The summed E-state index contributed by atoms with van der Waals surface area (Å²) in [4.78, 5) is 8.89. The molecule has 0 radical (unpaired) electrons. The zero-order chi connectivity index (χ0) is 12.4. The van der Waals surface area contributed by atoms with Crippen molar-refractivity contribution >= 4 is 5.82 Å². The Morgan fingerprint density at radius 2 is 1.76 bits per heavy atom. The van der Waals surface area contributed by atoms with Gasteiger partial charge in [-0.2, -0.15) is 0 Å². The van der Waals surface area contributed by atoms with Crippen molar-refractivity contribution in [3.63, 3.8) is 0 Å². The van der Waals surface area contributed by atoms with E-state index in [0.717, 1.165) is 23.5 Å². The zero-order valence-corrected chi connectivity index (χ0v) is 10.5. The van der Waals surface area contributed by atoms with E-state index in [4.69, 9.17) is 5.73 Å². The molecular formula is C14H17N3. The van der Waals surface area contributed by atoms with E-state index in [0.29, 0.717) is 5.82 Å². The normalized spacial score (nSPS) is 10.5. The molecule has 0 aliphatic heterocycles. The van der Waals surface area contributed by atoms with Gasteiger partial charge in [-0.3, -0.25) is 0 Å². The summed E-state index contributed by atoms with van der Waals surface area (Å²) in [6.45, 7) is 6.21. The minimum atomic E-state index is 0.537. The van der Waals surface area contributed by atoms with Gasteiger partial charge in [0, 0.05) is 17.3 Å². The molecule has 2 aromatic rings. The highest BCUT2D eigenvalue weighted by Crippen LogP contribution is 2.24. The summed E-state index contributed by atoms with van der Waals surface area (Å²) in [5, 5.41) is 0. The maximum absolute atomic E-state index is 5.82. The molecule has 1 aromatic carbocycles. The first-order chi connectivity index (χ1) is 8.11. The Morgan fingerprint density at radius 3 is 2.35 bits per heavy atom. The van der Waals surface area contributed by atoms with Crippen LogP contribution >= 0.6 is 0 Å². The molecule has 2 rings (SSSR count). The molecule has 17 heavy (non-hydrogen) atoms. The van der Waals surface area contributed by atoms with Crippen molar-refractivity contribution in [3.8, 4) is 11.4 Å². The van der Waals surface area contributed by atoms with E-state index >= 15 is 0 Å². The van der Waals surface area contributed by atoms with Crippen LogP contribution in [0.2, 0.25) is 0 Å². The highest BCUT2D eigenvalue weighted by Gasteiger charge is 2.09. The van der Waals surface area contributed by atoms with Crippen LogP contribution in [0.15, 0.2) is 24.3 Å². The summed E-state index contributed by atoms with van der Waals surface area (Å²) in [5.41, 5.74) is 10.3. The van der Waals surface area contributed by atoms with Crippen molar-refractivity contribution in [2.24, 2.45) is 0 Å². The summed E-state index contributed by atoms with van der Waals surface area (Å²) in [6, 6.07) is 8.01. The van der Waals surface area contributed by atoms with Crippen LogP contribution in [-0.2, 0) is 6.42 Å². The van der Waals surface area contributed by atoms with Crippen molar-refractivity contribution in [3.05, 3.63) is 41.1 Å². The van der Waals surface area contributed by atoms with Gasteiger partial charge in [0.15, 0.2) is 5.82 Å². The quantitative estimate of drug-likeness (QED) is 0.858. The molecule has 88 valence electrons. The van der Waals surface area contributed by atoms with E-state index in [2.05, 4.69) is 42.9 Å².